The van der Waals surface area contributed by atoms with Crippen molar-refractivity contribution in [2.45, 2.75) is 53.0 Å². The monoisotopic (exact) mass is 572 g/mol. The molecule has 0 saturated carbocycles. The molecule has 3 rings (SSSR count). The van der Waals surface area contributed by atoms with Crippen molar-refractivity contribution >= 4 is 39.8 Å². The van der Waals surface area contributed by atoms with Crippen molar-refractivity contribution in [2.75, 3.05) is 58.5 Å². The predicted molar refractivity (Wildman–Crippen MR) is 157 cm³/mol. The summed E-state index contributed by atoms with van der Waals surface area (Å²) in [5.41, 5.74) is 13.5. The lowest BCUT2D eigenvalue weighted by Gasteiger charge is -2.27. The number of nitrogen functional groups attached to an aromatic ring is 1. The number of nitrogens with zero attached hydrogens (tertiary/aromatic N) is 3. The molecular weight excluding hydrogens is 528 g/mol. The fourth-order valence-corrected chi connectivity index (χ4v) is 4.42. The lowest BCUT2D eigenvalue weighted by Crippen LogP contribution is -2.37. The second kappa shape index (κ2) is 16.1. The molecule has 2 amide bonds. The Morgan fingerprint density at radius 2 is 1.63 bits per heavy atom. The van der Waals surface area contributed by atoms with Gasteiger partial charge in [-0.05, 0) is 12.5 Å². The van der Waals surface area contributed by atoms with Gasteiger partial charge < -0.3 is 40.3 Å². The van der Waals surface area contributed by atoms with Gasteiger partial charge in [0.05, 0.1) is 50.7 Å². The zero-order valence-corrected chi connectivity index (χ0v) is 24.4. The first-order valence-electron chi connectivity index (χ1n) is 14.2. The number of unbranched alkanes of at least 4 members (excludes halogenated alkanes) is 1. The molecule has 0 atom stereocenters. The zero-order chi connectivity index (χ0) is 29.7. The standard InChI is InChI=1S/C29H44N6O6/c1-4-5-10-23-34-25-26(21-8-6-7-9-22(21)33-27(25)30)35(23)20-29(2,3)19-32-24(36)11-12-38-13-14-39-15-16-40-17-18-41-28(31)37/h6-9H,4-5,10-20H2,1-3H3,(H2,30,33)(H2,31,37)(H,32,36). The Bertz CT molecular complexity index is 1280. The summed E-state index contributed by atoms with van der Waals surface area (Å²) in [7, 11) is 0. The Kier molecular flexibility index (Phi) is 12.6. The van der Waals surface area contributed by atoms with Gasteiger partial charge in [0, 0.05) is 36.7 Å². The molecule has 5 N–H and O–H groups in total. The normalized spacial score (nSPS) is 11.8. The Labute approximate surface area is 241 Å². The quantitative estimate of drug-likeness (QED) is 0.183. The third kappa shape index (κ3) is 10.1. The molecule has 0 bridgehead atoms. The lowest BCUT2D eigenvalue weighted by atomic mass is 9.93. The first kappa shape index (κ1) is 32.0. The molecule has 41 heavy (non-hydrogen) atoms. The number of aromatic nitrogens is 3. The summed E-state index contributed by atoms with van der Waals surface area (Å²) in [6, 6.07) is 7.99. The topological polar surface area (TPSA) is 166 Å². The summed E-state index contributed by atoms with van der Waals surface area (Å²) in [5, 5.41) is 4.08. The molecule has 1 aromatic carbocycles. The van der Waals surface area contributed by atoms with E-state index in [0.717, 1.165) is 47.0 Å². The maximum absolute atomic E-state index is 12.5. The largest absolute Gasteiger partial charge is 0.447 e. The Balaban J connectivity index is 1.44. The van der Waals surface area contributed by atoms with Crippen LogP contribution in [0.1, 0.15) is 45.9 Å². The van der Waals surface area contributed by atoms with Crippen molar-refractivity contribution in [1.82, 2.24) is 19.9 Å². The first-order chi connectivity index (χ1) is 19.7. The minimum Gasteiger partial charge on any atom is -0.447 e. The number of nitrogens with one attached hydrogen (secondary N) is 1. The second-order valence-electron chi connectivity index (χ2n) is 10.6. The number of amides is 2. The number of rotatable bonds is 19. The molecule has 0 fully saturated rings. The molecule has 12 nitrogen and oxygen atoms in total. The van der Waals surface area contributed by atoms with Gasteiger partial charge in [-0.25, -0.2) is 14.8 Å². The third-order valence-electron chi connectivity index (χ3n) is 6.48. The summed E-state index contributed by atoms with van der Waals surface area (Å²) >= 11 is 0. The number of primary amides is 1. The molecule has 0 spiro atoms. The van der Waals surface area contributed by atoms with E-state index in [1.165, 1.54) is 0 Å². The van der Waals surface area contributed by atoms with Crippen LogP contribution in [0.4, 0.5) is 10.6 Å². The summed E-state index contributed by atoms with van der Waals surface area (Å²) in [6.45, 7) is 9.83. The zero-order valence-electron chi connectivity index (χ0n) is 24.4. The summed E-state index contributed by atoms with van der Waals surface area (Å²) in [5.74, 6) is 1.36. The van der Waals surface area contributed by atoms with Crippen LogP contribution in [0.2, 0.25) is 0 Å². The van der Waals surface area contributed by atoms with E-state index in [9.17, 15) is 9.59 Å². The molecule has 0 radical (unpaired) electrons. The van der Waals surface area contributed by atoms with Gasteiger partial charge in [0.15, 0.2) is 5.82 Å². The fraction of sp³-hybridized carbons (Fsp3) is 0.586. The molecule has 0 aliphatic carbocycles. The average molecular weight is 573 g/mol. The van der Waals surface area contributed by atoms with Crippen LogP contribution in [0, 0.1) is 5.41 Å². The highest BCUT2D eigenvalue weighted by molar-refractivity contribution is 6.06. The van der Waals surface area contributed by atoms with Crippen molar-refractivity contribution in [3.8, 4) is 0 Å². The van der Waals surface area contributed by atoms with E-state index in [-0.39, 0.29) is 31.0 Å². The molecular formula is C29H44N6O6. The highest BCUT2D eigenvalue weighted by Gasteiger charge is 2.25. The maximum Gasteiger partial charge on any atom is 0.404 e. The van der Waals surface area contributed by atoms with Crippen LogP contribution in [0.15, 0.2) is 24.3 Å². The average Bonchev–Trinajstić information content (AvgIpc) is 3.29. The van der Waals surface area contributed by atoms with Crippen molar-refractivity contribution in [1.29, 1.82) is 0 Å². The highest BCUT2D eigenvalue weighted by atomic mass is 16.6. The van der Waals surface area contributed by atoms with E-state index in [1.54, 1.807) is 0 Å². The summed E-state index contributed by atoms with van der Waals surface area (Å²) in [6.07, 6.45) is 2.38. The van der Waals surface area contributed by atoms with Gasteiger partial charge in [-0.15, -0.1) is 0 Å². The van der Waals surface area contributed by atoms with Gasteiger partial charge in [-0.1, -0.05) is 45.4 Å². The number of aryl methyl sites for hydroxylation is 1. The molecule has 0 saturated heterocycles. The number of hydrogen-bond donors (Lipinski definition) is 3. The molecule has 0 aliphatic rings. The van der Waals surface area contributed by atoms with Gasteiger partial charge in [0.1, 0.15) is 17.9 Å². The molecule has 12 heteroatoms. The molecule has 226 valence electrons. The Morgan fingerprint density at radius 3 is 2.32 bits per heavy atom. The van der Waals surface area contributed by atoms with Crippen molar-refractivity contribution in [2.24, 2.45) is 11.1 Å². The van der Waals surface area contributed by atoms with Gasteiger partial charge in [0.25, 0.3) is 0 Å². The number of carbonyl (C=O) groups is 2. The smallest absolute Gasteiger partial charge is 0.404 e. The summed E-state index contributed by atoms with van der Waals surface area (Å²) < 4.78 is 23.0. The maximum atomic E-state index is 12.5. The number of hydrogen-bond acceptors (Lipinski definition) is 9. The van der Waals surface area contributed by atoms with Crippen LogP contribution >= 0.6 is 0 Å². The number of fused-ring (bicyclic) bond motifs is 3. The van der Waals surface area contributed by atoms with Crippen molar-refractivity contribution in [3.05, 3.63) is 30.1 Å². The SMILES string of the molecule is CCCCc1nc2c(N)nc3ccccc3c2n1CC(C)(C)CNC(=O)CCOCCOCCOCCOC(N)=O. The number of anilines is 1. The van der Waals surface area contributed by atoms with Crippen LogP contribution in [-0.2, 0) is 36.7 Å². The van der Waals surface area contributed by atoms with E-state index < -0.39 is 6.09 Å². The lowest BCUT2D eigenvalue weighted by molar-refractivity contribution is -0.122. The van der Waals surface area contributed by atoms with Gasteiger partial charge >= 0.3 is 6.09 Å². The van der Waals surface area contributed by atoms with Gasteiger partial charge in [-0.3, -0.25) is 4.79 Å². The van der Waals surface area contributed by atoms with Crippen LogP contribution in [-0.4, -0.2) is 79.3 Å². The minimum atomic E-state index is -0.822. The number of ether oxygens (including phenoxy) is 4. The second-order valence-corrected chi connectivity index (χ2v) is 10.6. The Hall–Kier alpha value is -3.48. The minimum absolute atomic E-state index is 0.0637. The third-order valence-corrected chi connectivity index (χ3v) is 6.48. The van der Waals surface area contributed by atoms with Crippen LogP contribution < -0.4 is 16.8 Å². The van der Waals surface area contributed by atoms with Crippen LogP contribution in [0.3, 0.4) is 0 Å². The molecule has 3 aromatic rings. The number of benzene rings is 1. The molecule has 2 aromatic heterocycles. The van der Waals surface area contributed by atoms with E-state index in [0.29, 0.717) is 51.9 Å². The van der Waals surface area contributed by atoms with E-state index in [1.807, 2.05) is 18.2 Å². The van der Waals surface area contributed by atoms with Gasteiger partial charge in [0.2, 0.25) is 5.91 Å². The molecule has 0 unspecified atom stereocenters. The molecule has 0 aliphatic heterocycles. The Morgan fingerprint density at radius 1 is 0.976 bits per heavy atom. The fourth-order valence-electron chi connectivity index (χ4n) is 4.42. The number of carbonyl (C=O) groups excluding carboxylic acids is 2. The number of nitrogens with two attached hydrogens (primary N) is 2. The van der Waals surface area contributed by atoms with E-state index >= 15 is 0 Å². The van der Waals surface area contributed by atoms with Gasteiger partial charge in [-0.2, -0.15) is 0 Å². The predicted octanol–water partition coefficient (Wildman–Crippen LogP) is 3.19. The van der Waals surface area contributed by atoms with E-state index in [2.05, 4.69) is 46.4 Å². The van der Waals surface area contributed by atoms with Crippen LogP contribution in [0.5, 0.6) is 0 Å². The molecule has 2 heterocycles. The highest BCUT2D eigenvalue weighted by Crippen LogP contribution is 2.31. The van der Waals surface area contributed by atoms with Crippen LogP contribution in [0.25, 0.3) is 21.9 Å². The summed E-state index contributed by atoms with van der Waals surface area (Å²) in [4.78, 5) is 32.4. The number of para-hydroxylation sites is 1. The number of pyridine rings is 1. The van der Waals surface area contributed by atoms with Crippen molar-refractivity contribution < 1.29 is 28.5 Å². The first-order valence-corrected chi connectivity index (χ1v) is 14.2. The van der Waals surface area contributed by atoms with Crippen molar-refractivity contribution in [3.63, 3.8) is 0 Å². The number of imidazole rings is 1. The van der Waals surface area contributed by atoms with E-state index in [4.69, 9.17) is 30.7 Å².